The number of nitrogens with zero attached hydrogens (tertiary/aromatic N) is 4. The Morgan fingerprint density at radius 2 is 1.83 bits per heavy atom. The maximum atomic E-state index is 4.48. The topological polar surface area (TPSA) is 46.1 Å². The van der Waals surface area contributed by atoms with Crippen molar-refractivity contribution in [3.63, 3.8) is 0 Å². The number of hydrogen-bond donors (Lipinski definition) is 2. The van der Waals surface area contributed by atoms with Gasteiger partial charge in [-0.15, -0.1) is 0 Å². The predicted octanol–water partition coefficient (Wildman–Crippen LogP) is 2.09. The van der Waals surface area contributed by atoms with Crippen LogP contribution in [-0.2, 0) is 6.54 Å². The molecule has 0 spiro atoms. The van der Waals surface area contributed by atoms with Crippen molar-refractivity contribution in [2.75, 3.05) is 59.4 Å². The van der Waals surface area contributed by atoms with Crippen molar-refractivity contribution in [2.45, 2.75) is 45.8 Å². The van der Waals surface area contributed by atoms with Gasteiger partial charge in [-0.05, 0) is 31.4 Å². The van der Waals surface area contributed by atoms with Gasteiger partial charge in [0.2, 0.25) is 0 Å². The molecule has 0 saturated carbocycles. The van der Waals surface area contributed by atoms with Crippen molar-refractivity contribution >= 4 is 5.96 Å². The molecule has 0 bridgehead atoms. The second-order valence-electron chi connectivity index (χ2n) is 9.13. The van der Waals surface area contributed by atoms with Crippen molar-refractivity contribution in [3.8, 4) is 0 Å². The highest BCUT2D eigenvalue weighted by Gasteiger charge is 2.29. The van der Waals surface area contributed by atoms with Gasteiger partial charge in [-0.3, -0.25) is 9.89 Å². The quantitative estimate of drug-likeness (QED) is 0.504. The van der Waals surface area contributed by atoms with Gasteiger partial charge in [0.15, 0.2) is 5.96 Å². The molecule has 30 heavy (non-hydrogen) atoms. The number of piperazine rings is 1. The van der Waals surface area contributed by atoms with Crippen LogP contribution in [0.5, 0.6) is 0 Å². The first-order valence-corrected chi connectivity index (χ1v) is 11.8. The van der Waals surface area contributed by atoms with Gasteiger partial charge in [0.1, 0.15) is 0 Å². The molecule has 0 radical (unpaired) electrons. The maximum Gasteiger partial charge on any atom is 0.191 e. The molecule has 0 aliphatic carbocycles. The molecule has 2 saturated heterocycles. The van der Waals surface area contributed by atoms with Gasteiger partial charge in [0, 0.05) is 71.5 Å². The third-order valence-corrected chi connectivity index (χ3v) is 6.60. The van der Waals surface area contributed by atoms with Crippen molar-refractivity contribution in [3.05, 3.63) is 35.9 Å². The van der Waals surface area contributed by atoms with Crippen LogP contribution in [0.25, 0.3) is 0 Å². The molecule has 3 rings (SSSR count). The number of likely N-dealkylation sites (tertiary alicyclic amines) is 1. The summed E-state index contributed by atoms with van der Waals surface area (Å²) in [4.78, 5) is 12.2. The van der Waals surface area contributed by atoms with Gasteiger partial charge in [-0.1, -0.05) is 44.2 Å². The van der Waals surface area contributed by atoms with Crippen LogP contribution in [0.3, 0.4) is 0 Å². The van der Waals surface area contributed by atoms with E-state index >= 15 is 0 Å². The van der Waals surface area contributed by atoms with E-state index in [4.69, 9.17) is 0 Å². The van der Waals surface area contributed by atoms with Crippen LogP contribution in [0.4, 0.5) is 0 Å². The first kappa shape index (κ1) is 23.0. The lowest BCUT2D eigenvalue weighted by atomic mass is 10.1. The Balaban J connectivity index is 1.38. The molecular formula is C24H42N6. The van der Waals surface area contributed by atoms with E-state index in [1.807, 2.05) is 7.05 Å². The zero-order valence-corrected chi connectivity index (χ0v) is 19.5. The predicted molar refractivity (Wildman–Crippen MR) is 127 cm³/mol. The summed E-state index contributed by atoms with van der Waals surface area (Å²) in [6.07, 6.45) is 1.16. The van der Waals surface area contributed by atoms with E-state index < -0.39 is 0 Å². The van der Waals surface area contributed by atoms with Crippen molar-refractivity contribution < 1.29 is 0 Å². The first-order chi connectivity index (χ1) is 14.6. The smallest absolute Gasteiger partial charge is 0.191 e. The number of benzene rings is 1. The van der Waals surface area contributed by atoms with E-state index in [-0.39, 0.29) is 0 Å². The van der Waals surface area contributed by atoms with Gasteiger partial charge >= 0.3 is 0 Å². The Kier molecular flexibility index (Phi) is 8.97. The fourth-order valence-corrected chi connectivity index (χ4v) is 4.69. The Labute approximate surface area is 183 Å². The Bertz CT molecular complexity index is 640. The minimum absolute atomic E-state index is 0.451. The van der Waals surface area contributed by atoms with Crippen molar-refractivity contribution in [1.29, 1.82) is 0 Å². The minimum Gasteiger partial charge on any atom is -0.356 e. The average Bonchev–Trinajstić information content (AvgIpc) is 3.11. The highest BCUT2D eigenvalue weighted by molar-refractivity contribution is 5.80. The fraction of sp³-hybridized carbons (Fsp3) is 0.708. The van der Waals surface area contributed by atoms with Crippen LogP contribution >= 0.6 is 0 Å². The number of rotatable bonds is 8. The van der Waals surface area contributed by atoms with Crippen LogP contribution in [-0.4, -0.2) is 92.1 Å². The molecule has 3 unspecified atom stereocenters. The molecule has 2 heterocycles. The standard InChI is InChI=1S/C24H42N6/c1-5-28-11-13-29(14-12-28)17-20(2)16-26-24(25-4)27-23-15-21(3)30(19-23)18-22-9-7-6-8-10-22/h6-10,20-21,23H,5,11-19H2,1-4H3,(H2,25,26,27). The highest BCUT2D eigenvalue weighted by atomic mass is 15.3. The van der Waals surface area contributed by atoms with Crippen LogP contribution in [0.2, 0.25) is 0 Å². The molecule has 1 aromatic carbocycles. The molecule has 6 nitrogen and oxygen atoms in total. The molecule has 1 aromatic rings. The van der Waals surface area contributed by atoms with E-state index in [2.05, 4.69) is 81.4 Å². The molecule has 0 amide bonds. The maximum absolute atomic E-state index is 4.48. The molecular weight excluding hydrogens is 372 g/mol. The van der Waals surface area contributed by atoms with Crippen LogP contribution in [0, 0.1) is 5.92 Å². The van der Waals surface area contributed by atoms with Gasteiger partial charge in [0.25, 0.3) is 0 Å². The van der Waals surface area contributed by atoms with Crippen LogP contribution in [0.15, 0.2) is 35.3 Å². The van der Waals surface area contributed by atoms with Gasteiger partial charge < -0.3 is 20.4 Å². The summed E-state index contributed by atoms with van der Waals surface area (Å²) < 4.78 is 0. The summed E-state index contributed by atoms with van der Waals surface area (Å²) in [6.45, 7) is 17.1. The van der Waals surface area contributed by atoms with Gasteiger partial charge in [0.05, 0.1) is 0 Å². The van der Waals surface area contributed by atoms with Crippen LogP contribution in [0.1, 0.15) is 32.8 Å². The number of likely N-dealkylation sites (N-methyl/N-ethyl adjacent to an activating group) is 1. The molecule has 3 atom stereocenters. The summed E-state index contributed by atoms with van der Waals surface area (Å²) in [6, 6.07) is 11.8. The normalized spacial score (nSPS) is 25.4. The summed E-state index contributed by atoms with van der Waals surface area (Å²) in [5.41, 5.74) is 1.39. The minimum atomic E-state index is 0.451. The highest BCUT2D eigenvalue weighted by Crippen LogP contribution is 2.20. The molecule has 2 aliphatic rings. The molecule has 0 aromatic heterocycles. The SMILES string of the molecule is CCN1CCN(CC(C)CNC(=NC)NC2CC(C)N(Cc3ccccc3)C2)CC1. The van der Waals surface area contributed by atoms with Gasteiger partial charge in [-0.25, -0.2) is 0 Å². The number of nitrogens with one attached hydrogen (secondary N) is 2. The third kappa shape index (κ3) is 6.96. The van der Waals surface area contributed by atoms with E-state index in [0.717, 1.165) is 38.6 Å². The molecule has 6 heteroatoms. The lowest BCUT2D eigenvalue weighted by Gasteiger charge is -2.35. The lowest BCUT2D eigenvalue weighted by Crippen LogP contribution is -2.49. The molecule has 2 N–H and O–H groups in total. The lowest BCUT2D eigenvalue weighted by molar-refractivity contribution is 0.124. The monoisotopic (exact) mass is 414 g/mol. The molecule has 2 fully saturated rings. The van der Waals surface area contributed by atoms with E-state index in [9.17, 15) is 0 Å². The summed E-state index contributed by atoms with van der Waals surface area (Å²) in [5.74, 6) is 1.55. The summed E-state index contributed by atoms with van der Waals surface area (Å²) in [7, 11) is 1.88. The number of aliphatic imine (C=N–C) groups is 1. The zero-order chi connectivity index (χ0) is 21.3. The van der Waals surface area contributed by atoms with E-state index in [0.29, 0.717) is 18.0 Å². The van der Waals surface area contributed by atoms with E-state index in [1.165, 1.54) is 38.3 Å². The molecule has 168 valence electrons. The second kappa shape index (κ2) is 11.7. The second-order valence-corrected chi connectivity index (χ2v) is 9.13. The third-order valence-electron chi connectivity index (χ3n) is 6.60. The molecule has 2 aliphatic heterocycles. The Morgan fingerprint density at radius 3 is 2.50 bits per heavy atom. The van der Waals surface area contributed by atoms with Gasteiger partial charge in [-0.2, -0.15) is 0 Å². The fourth-order valence-electron chi connectivity index (χ4n) is 4.69. The summed E-state index contributed by atoms with van der Waals surface area (Å²) in [5, 5.41) is 7.23. The zero-order valence-electron chi connectivity index (χ0n) is 19.5. The Hall–Kier alpha value is -1.63. The number of guanidine groups is 1. The van der Waals surface area contributed by atoms with Crippen molar-refractivity contribution in [2.24, 2.45) is 10.9 Å². The van der Waals surface area contributed by atoms with Crippen molar-refractivity contribution in [1.82, 2.24) is 25.3 Å². The summed E-state index contributed by atoms with van der Waals surface area (Å²) >= 11 is 0. The average molecular weight is 415 g/mol. The largest absolute Gasteiger partial charge is 0.356 e. The first-order valence-electron chi connectivity index (χ1n) is 11.8. The van der Waals surface area contributed by atoms with E-state index in [1.54, 1.807) is 0 Å². The number of hydrogen-bond acceptors (Lipinski definition) is 4. The Morgan fingerprint density at radius 1 is 1.13 bits per heavy atom. The van der Waals surface area contributed by atoms with Crippen LogP contribution < -0.4 is 10.6 Å².